The van der Waals surface area contributed by atoms with Gasteiger partial charge >= 0.3 is 0 Å². The van der Waals surface area contributed by atoms with Crippen LogP contribution >= 0.6 is 11.6 Å². The third-order valence-electron chi connectivity index (χ3n) is 4.86. The summed E-state index contributed by atoms with van der Waals surface area (Å²) in [6, 6.07) is 3.99. The van der Waals surface area contributed by atoms with Gasteiger partial charge in [0.2, 0.25) is 11.1 Å². The molecule has 0 radical (unpaired) electrons. The van der Waals surface area contributed by atoms with Crippen LogP contribution in [0.1, 0.15) is 33.7 Å². The number of hydrogen-bond donors (Lipinski definition) is 1. The first kappa shape index (κ1) is 16.9. The first-order chi connectivity index (χ1) is 13.5. The second kappa shape index (κ2) is 6.13. The molecule has 0 aromatic carbocycles. The molecule has 11 heteroatoms. The van der Waals surface area contributed by atoms with Crippen LogP contribution in [-0.2, 0) is 13.5 Å². The third kappa shape index (κ3) is 2.48. The highest BCUT2D eigenvalue weighted by Gasteiger charge is 2.37. The number of nitrogens with one attached hydrogen (secondary N) is 1. The van der Waals surface area contributed by atoms with E-state index in [1.54, 1.807) is 36.6 Å². The summed E-state index contributed by atoms with van der Waals surface area (Å²) in [4.78, 5) is 26.4. The van der Waals surface area contributed by atoms with Gasteiger partial charge in [-0.05, 0) is 29.8 Å². The minimum absolute atomic E-state index is 0.00494. The van der Waals surface area contributed by atoms with E-state index in [1.165, 1.54) is 15.3 Å². The van der Waals surface area contributed by atoms with Crippen LogP contribution in [0.5, 0.6) is 0 Å². The van der Waals surface area contributed by atoms with Crippen LogP contribution in [0.3, 0.4) is 0 Å². The Kier molecular flexibility index (Phi) is 3.69. The molecule has 1 aliphatic heterocycles. The zero-order chi connectivity index (χ0) is 19.4. The molecule has 0 unspecified atom stereocenters. The topological polar surface area (TPSA) is 97.0 Å². The number of carbonyl (C=O) groups excluding carboxylic acids is 1. The van der Waals surface area contributed by atoms with E-state index in [4.69, 9.17) is 11.6 Å². The van der Waals surface area contributed by atoms with E-state index in [-0.39, 0.29) is 17.0 Å². The van der Waals surface area contributed by atoms with Crippen LogP contribution in [0.25, 0.3) is 5.52 Å². The van der Waals surface area contributed by atoms with Crippen LogP contribution in [0.4, 0.5) is 4.39 Å². The summed E-state index contributed by atoms with van der Waals surface area (Å²) in [5.41, 5.74) is 2.44. The van der Waals surface area contributed by atoms with Crippen molar-refractivity contribution >= 4 is 23.0 Å². The molecule has 4 aromatic rings. The summed E-state index contributed by atoms with van der Waals surface area (Å²) >= 11 is 5.85. The summed E-state index contributed by atoms with van der Waals surface area (Å²) in [6.07, 6.45) is 3.84. The van der Waals surface area contributed by atoms with Crippen molar-refractivity contribution in [2.24, 2.45) is 7.05 Å². The molecule has 5 heterocycles. The number of rotatable bonds is 2. The number of aromatic amines is 1. The molecule has 9 nitrogen and oxygen atoms in total. The van der Waals surface area contributed by atoms with Crippen molar-refractivity contribution in [2.45, 2.75) is 12.5 Å². The summed E-state index contributed by atoms with van der Waals surface area (Å²) in [6.45, 7) is 0.416. The standard InChI is InChI=1S/C17H14ClFN8O/c1-25-15(22-17(18)24-25)16(28)26-6-4-10-13(21-8-20-10)14(26)11-7-12-9(19)3-2-5-27(12)23-11/h2-3,5,7-8,14H,4,6H2,1H3,(H,20,21)/t14-/m1/s1. The molecule has 142 valence electrons. The third-order valence-corrected chi connectivity index (χ3v) is 5.02. The van der Waals surface area contributed by atoms with E-state index >= 15 is 0 Å². The molecule has 0 aliphatic carbocycles. The number of hydrogen-bond acceptors (Lipinski definition) is 5. The van der Waals surface area contributed by atoms with Gasteiger partial charge in [-0.3, -0.25) is 4.79 Å². The lowest BCUT2D eigenvalue weighted by Crippen LogP contribution is -2.42. The smallest absolute Gasteiger partial charge is 0.292 e. The van der Waals surface area contributed by atoms with Gasteiger partial charge in [-0.2, -0.15) is 10.1 Å². The van der Waals surface area contributed by atoms with Crippen LogP contribution in [0.15, 0.2) is 30.7 Å². The van der Waals surface area contributed by atoms with Crippen molar-refractivity contribution in [3.8, 4) is 0 Å². The SMILES string of the molecule is Cn1nc(Cl)nc1C(=O)N1CCc2[nH]cnc2[C@H]1c1cc2c(F)cccn2n1. The molecule has 1 atom stereocenters. The minimum Gasteiger partial charge on any atom is -0.348 e. The zero-order valence-electron chi connectivity index (χ0n) is 14.7. The first-order valence-corrected chi connectivity index (χ1v) is 8.94. The lowest BCUT2D eigenvalue weighted by Gasteiger charge is -2.33. The predicted molar refractivity (Wildman–Crippen MR) is 96.3 cm³/mol. The number of fused-ring (bicyclic) bond motifs is 2. The lowest BCUT2D eigenvalue weighted by atomic mass is 9.99. The largest absolute Gasteiger partial charge is 0.348 e. The number of pyridine rings is 1. The van der Waals surface area contributed by atoms with Gasteiger partial charge in [0.1, 0.15) is 17.4 Å². The number of imidazole rings is 1. The average molecular weight is 401 g/mol. The Hall–Kier alpha value is -3.27. The van der Waals surface area contributed by atoms with Crippen molar-refractivity contribution in [3.05, 3.63) is 64.7 Å². The summed E-state index contributed by atoms with van der Waals surface area (Å²) in [5, 5.41) is 8.42. The molecule has 28 heavy (non-hydrogen) atoms. The Morgan fingerprint density at radius 1 is 1.39 bits per heavy atom. The molecule has 1 aliphatic rings. The fourth-order valence-electron chi connectivity index (χ4n) is 3.60. The van der Waals surface area contributed by atoms with Gasteiger partial charge in [0.15, 0.2) is 0 Å². The fraction of sp³-hybridized carbons (Fsp3) is 0.235. The van der Waals surface area contributed by atoms with E-state index in [1.807, 2.05) is 0 Å². The van der Waals surface area contributed by atoms with E-state index in [0.29, 0.717) is 29.9 Å². The van der Waals surface area contributed by atoms with Gasteiger partial charge in [-0.25, -0.2) is 18.6 Å². The maximum Gasteiger partial charge on any atom is 0.292 e. The molecule has 4 aromatic heterocycles. The highest BCUT2D eigenvalue weighted by Crippen LogP contribution is 2.34. The Morgan fingerprint density at radius 2 is 2.25 bits per heavy atom. The Morgan fingerprint density at radius 3 is 3.00 bits per heavy atom. The molecule has 0 bridgehead atoms. The Labute approximate surface area is 162 Å². The average Bonchev–Trinajstić information content (AvgIpc) is 3.38. The second-order valence-corrected chi connectivity index (χ2v) is 6.84. The van der Waals surface area contributed by atoms with Crippen LogP contribution in [-0.4, -0.2) is 51.7 Å². The fourth-order valence-corrected chi connectivity index (χ4v) is 3.79. The summed E-state index contributed by atoms with van der Waals surface area (Å²) < 4.78 is 17.0. The van der Waals surface area contributed by atoms with Crippen LogP contribution < -0.4 is 0 Å². The molecular formula is C17H14ClFN8O. The van der Waals surface area contributed by atoms with Crippen molar-refractivity contribution in [1.82, 2.24) is 39.2 Å². The maximum atomic E-state index is 14.2. The van der Waals surface area contributed by atoms with Gasteiger partial charge in [0.25, 0.3) is 5.91 Å². The second-order valence-electron chi connectivity index (χ2n) is 6.50. The lowest BCUT2D eigenvalue weighted by molar-refractivity contribution is 0.0669. The highest BCUT2D eigenvalue weighted by atomic mass is 35.5. The van der Waals surface area contributed by atoms with E-state index in [9.17, 15) is 9.18 Å². The van der Waals surface area contributed by atoms with Gasteiger partial charge in [0, 0.05) is 31.9 Å². The quantitative estimate of drug-likeness (QED) is 0.553. The first-order valence-electron chi connectivity index (χ1n) is 8.56. The van der Waals surface area contributed by atoms with E-state index < -0.39 is 11.9 Å². The number of aryl methyl sites for hydroxylation is 1. The molecule has 0 saturated heterocycles. The van der Waals surface area contributed by atoms with Gasteiger partial charge < -0.3 is 9.88 Å². The van der Waals surface area contributed by atoms with Crippen molar-refractivity contribution in [1.29, 1.82) is 0 Å². The summed E-state index contributed by atoms with van der Waals surface area (Å²) in [7, 11) is 1.60. The van der Waals surface area contributed by atoms with Gasteiger partial charge in [-0.15, -0.1) is 5.10 Å². The van der Waals surface area contributed by atoms with Crippen molar-refractivity contribution in [3.63, 3.8) is 0 Å². The van der Waals surface area contributed by atoms with Crippen LogP contribution in [0.2, 0.25) is 5.28 Å². The van der Waals surface area contributed by atoms with Gasteiger partial charge in [0.05, 0.1) is 17.7 Å². The van der Waals surface area contributed by atoms with Crippen LogP contribution in [0, 0.1) is 5.82 Å². The number of nitrogens with zero attached hydrogens (tertiary/aromatic N) is 7. The van der Waals surface area contributed by atoms with Crippen molar-refractivity contribution in [2.75, 3.05) is 6.54 Å². The monoisotopic (exact) mass is 400 g/mol. The Balaban J connectivity index is 1.65. The molecule has 0 spiro atoms. The molecular weight excluding hydrogens is 387 g/mol. The highest BCUT2D eigenvalue weighted by molar-refractivity contribution is 6.28. The van der Waals surface area contributed by atoms with E-state index in [2.05, 4.69) is 25.1 Å². The summed E-state index contributed by atoms with van der Waals surface area (Å²) in [5.74, 6) is -0.626. The number of amides is 1. The normalized spacial score (nSPS) is 16.5. The zero-order valence-corrected chi connectivity index (χ0v) is 15.4. The molecule has 5 rings (SSSR count). The van der Waals surface area contributed by atoms with E-state index in [0.717, 1.165) is 5.69 Å². The number of carbonyl (C=O) groups is 1. The number of halogens is 2. The van der Waals surface area contributed by atoms with Crippen molar-refractivity contribution < 1.29 is 9.18 Å². The molecule has 0 fully saturated rings. The maximum absolute atomic E-state index is 14.2. The molecule has 0 saturated carbocycles. The predicted octanol–water partition coefficient (Wildman–Crippen LogP) is 1.77. The van der Waals surface area contributed by atoms with Gasteiger partial charge in [-0.1, -0.05) is 0 Å². The molecule has 1 amide bonds. The minimum atomic E-state index is -0.586. The number of aromatic nitrogens is 7. The Bertz CT molecular complexity index is 1210. The number of H-pyrrole nitrogens is 1. The molecule has 1 N–H and O–H groups in total.